The molecule has 0 aliphatic carbocycles. The molecule has 15 heavy (non-hydrogen) atoms. The molecule has 1 rings (SSSR count). The lowest BCUT2D eigenvalue weighted by Gasteiger charge is -2.08. The van der Waals surface area contributed by atoms with Crippen LogP contribution >= 0.6 is 15.9 Å². The van der Waals surface area contributed by atoms with Crippen molar-refractivity contribution in [1.29, 1.82) is 0 Å². The molecule has 0 atom stereocenters. The van der Waals surface area contributed by atoms with Gasteiger partial charge < -0.3 is 10.1 Å². The number of nitrogens with one attached hydrogen (secondary N) is 1. The zero-order chi connectivity index (χ0) is 11.3. The first-order chi connectivity index (χ1) is 7.13. The predicted molar refractivity (Wildman–Crippen MR) is 64.0 cm³/mol. The van der Waals surface area contributed by atoms with Gasteiger partial charge in [0.05, 0.1) is 13.5 Å². The summed E-state index contributed by atoms with van der Waals surface area (Å²) in [6.07, 6.45) is 0.372. The number of anilines is 1. The summed E-state index contributed by atoms with van der Waals surface area (Å²) in [4.78, 5) is 10.9. The normalized spacial score (nSPS) is 9.80. The minimum atomic E-state index is -0.203. The van der Waals surface area contributed by atoms with Crippen LogP contribution in [0.15, 0.2) is 22.7 Å². The third-order valence-corrected chi connectivity index (χ3v) is 2.69. The van der Waals surface area contributed by atoms with E-state index in [9.17, 15) is 4.79 Å². The Balaban J connectivity index is 2.50. The van der Waals surface area contributed by atoms with Crippen molar-refractivity contribution in [1.82, 2.24) is 0 Å². The molecule has 0 heterocycles. The number of aryl methyl sites for hydroxylation is 1. The number of carbonyl (C=O) groups is 1. The maximum absolute atomic E-state index is 10.9. The van der Waals surface area contributed by atoms with Gasteiger partial charge in [-0.05, 0) is 40.5 Å². The van der Waals surface area contributed by atoms with Gasteiger partial charge in [0, 0.05) is 16.7 Å². The number of hydrogen-bond acceptors (Lipinski definition) is 3. The second-order valence-electron chi connectivity index (χ2n) is 3.24. The number of hydrogen-bond donors (Lipinski definition) is 1. The second kappa shape index (κ2) is 5.75. The van der Waals surface area contributed by atoms with Crippen molar-refractivity contribution in [3.8, 4) is 0 Å². The molecule has 0 unspecified atom stereocenters. The van der Waals surface area contributed by atoms with E-state index in [1.165, 1.54) is 12.7 Å². The first kappa shape index (κ1) is 12.0. The van der Waals surface area contributed by atoms with Gasteiger partial charge >= 0.3 is 5.97 Å². The summed E-state index contributed by atoms with van der Waals surface area (Å²) in [5, 5.41) is 3.17. The second-order valence-corrected chi connectivity index (χ2v) is 4.09. The summed E-state index contributed by atoms with van der Waals surface area (Å²) in [5.74, 6) is -0.203. The van der Waals surface area contributed by atoms with E-state index in [0.29, 0.717) is 13.0 Å². The van der Waals surface area contributed by atoms with Crippen molar-refractivity contribution < 1.29 is 9.53 Å². The minimum Gasteiger partial charge on any atom is -0.469 e. The highest BCUT2D eigenvalue weighted by atomic mass is 79.9. The molecule has 0 radical (unpaired) electrons. The Labute approximate surface area is 97.9 Å². The van der Waals surface area contributed by atoms with Crippen LogP contribution in [0.1, 0.15) is 12.0 Å². The summed E-state index contributed by atoms with van der Waals surface area (Å²) < 4.78 is 5.55. The highest BCUT2D eigenvalue weighted by molar-refractivity contribution is 9.10. The average Bonchev–Trinajstić information content (AvgIpc) is 2.23. The molecule has 82 valence electrons. The van der Waals surface area contributed by atoms with Crippen LogP contribution in [-0.2, 0) is 9.53 Å². The Morgan fingerprint density at radius 2 is 2.27 bits per heavy atom. The Morgan fingerprint density at radius 1 is 1.53 bits per heavy atom. The van der Waals surface area contributed by atoms with Crippen LogP contribution in [0.25, 0.3) is 0 Å². The summed E-state index contributed by atoms with van der Waals surface area (Å²) in [7, 11) is 1.39. The first-order valence-corrected chi connectivity index (χ1v) is 5.49. The molecule has 1 N–H and O–H groups in total. The monoisotopic (exact) mass is 271 g/mol. The Morgan fingerprint density at radius 3 is 2.93 bits per heavy atom. The van der Waals surface area contributed by atoms with Gasteiger partial charge in [0.25, 0.3) is 0 Å². The number of halogens is 1. The summed E-state index contributed by atoms with van der Waals surface area (Å²) in [6.45, 7) is 2.60. The summed E-state index contributed by atoms with van der Waals surface area (Å²) in [5.41, 5.74) is 2.18. The number of methoxy groups -OCH3 is 1. The average molecular weight is 272 g/mol. The zero-order valence-corrected chi connectivity index (χ0v) is 10.4. The van der Waals surface area contributed by atoms with E-state index in [1.54, 1.807) is 0 Å². The van der Waals surface area contributed by atoms with E-state index < -0.39 is 0 Å². The maximum atomic E-state index is 10.9. The lowest BCUT2D eigenvalue weighted by molar-refractivity contribution is -0.140. The van der Waals surface area contributed by atoms with Gasteiger partial charge in [0.2, 0.25) is 0 Å². The van der Waals surface area contributed by atoms with E-state index in [0.717, 1.165) is 10.2 Å². The highest BCUT2D eigenvalue weighted by Gasteiger charge is 2.02. The van der Waals surface area contributed by atoms with Crippen molar-refractivity contribution in [2.75, 3.05) is 19.0 Å². The SMILES string of the molecule is COC(=O)CCNc1cc(C)ccc1Br. The van der Waals surface area contributed by atoms with E-state index >= 15 is 0 Å². The lowest BCUT2D eigenvalue weighted by atomic mass is 10.2. The molecule has 0 aromatic heterocycles. The number of esters is 1. The van der Waals surface area contributed by atoms with Gasteiger partial charge in [-0.25, -0.2) is 0 Å². The molecule has 1 aromatic carbocycles. The molecular weight excluding hydrogens is 258 g/mol. The third kappa shape index (κ3) is 3.91. The highest BCUT2D eigenvalue weighted by Crippen LogP contribution is 2.23. The molecule has 0 amide bonds. The maximum Gasteiger partial charge on any atom is 0.307 e. The van der Waals surface area contributed by atoms with Crippen LogP contribution in [0, 0.1) is 6.92 Å². The van der Waals surface area contributed by atoms with Crippen LogP contribution in [-0.4, -0.2) is 19.6 Å². The standard InChI is InChI=1S/C11H14BrNO2/c1-8-3-4-9(12)10(7-8)13-6-5-11(14)15-2/h3-4,7,13H,5-6H2,1-2H3. The molecule has 0 fully saturated rings. The largest absolute Gasteiger partial charge is 0.469 e. The smallest absolute Gasteiger partial charge is 0.307 e. The van der Waals surface area contributed by atoms with Crippen molar-refractivity contribution in [2.24, 2.45) is 0 Å². The fourth-order valence-electron chi connectivity index (χ4n) is 1.18. The molecule has 3 nitrogen and oxygen atoms in total. The first-order valence-electron chi connectivity index (χ1n) is 4.70. The molecule has 0 aliphatic rings. The van der Waals surface area contributed by atoms with Crippen molar-refractivity contribution in [2.45, 2.75) is 13.3 Å². The zero-order valence-electron chi connectivity index (χ0n) is 8.84. The van der Waals surface area contributed by atoms with E-state index in [1.807, 2.05) is 25.1 Å². The van der Waals surface area contributed by atoms with Crippen molar-refractivity contribution in [3.05, 3.63) is 28.2 Å². The molecule has 4 heteroatoms. The Kier molecular flexibility index (Phi) is 4.62. The van der Waals surface area contributed by atoms with Gasteiger partial charge in [-0.15, -0.1) is 0 Å². The molecule has 0 saturated heterocycles. The van der Waals surface area contributed by atoms with Gasteiger partial charge in [-0.2, -0.15) is 0 Å². The number of rotatable bonds is 4. The topological polar surface area (TPSA) is 38.3 Å². The fraction of sp³-hybridized carbons (Fsp3) is 0.364. The molecule has 0 aliphatic heterocycles. The van der Waals surface area contributed by atoms with Gasteiger partial charge in [0.1, 0.15) is 0 Å². The van der Waals surface area contributed by atoms with Crippen LogP contribution in [0.5, 0.6) is 0 Å². The lowest BCUT2D eigenvalue weighted by Crippen LogP contribution is -2.09. The Bertz CT molecular complexity index is 352. The number of benzene rings is 1. The van der Waals surface area contributed by atoms with Crippen molar-refractivity contribution >= 4 is 27.6 Å². The van der Waals surface area contributed by atoms with Crippen LogP contribution < -0.4 is 5.32 Å². The van der Waals surface area contributed by atoms with E-state index in [-0.39, 0.29) is 5.97 Å². The molecular formula is C11H14BrNO2. The summed E-state index contributed by atoms with van der Waals surface area (Å²) >= 11 is 3.44. The predicted octanol–water partition coefficient (Wildman–Crippen LogP) is 2.73. The molecule has 0 saturated carbocycles. The van der Waals surface area contributed by atoms with Crippen LogP contribution in [0.4, 0.5) is 5.69 Å². The molecule has 0 bridgehead atoms. The number of ether oxygens (including phenoxy) is 1. The van der Waals surface area contributed by atoms with E-state index in [2.05, 4.69) is 26.0 Å². The van der Waals surface area contributed by atoms with Gasteiger partial charge in [0.15, 0.2) is 0 Å². The molecule has 0 spiro atoms. The molecule has 1 aromatic rings. The Hall–Kier alpha value is -1.03. The van der Waals surface area contributed by atoms with Crippen LogP contribution in [0.3, 0.4) is 0 Å². The van der Waals surface area contributed by atoms with E-state index in [4.69, 9.17) is 0 Å². The van der Waals surface area contributed by atoms with Gasteiger partial charge in [-0.1, -0.05) is 6.07 Å². The third-order valence-electron chi connectivity index (χ3n) is 1.99. The van der Waals surface area contributed by atoms with Crippen molar-refractivity contribution in [3.63, 3.8) is 0 Å². The van der Waals surface area contributed by atoms with Crippen LogP contribution in [0.2, 0.25) is 0 Å². The number of carbonyl (C=O) groups excluding carboxylic acids is 1. The minimum absolute atomic E-state index is 0.203. The summed E-state index contributed by atoms with van der Waals surface area (Å²) in [6, 6.07) is 6.03. The fourth-order valence-corrected chi connectivity index (χ4v) is 1.56. The van der Waals surface area contributed by atoms with Gasteiger partial charge in [-0.3, -0.25) is 4.79 Å². The quantitative estimate of drug-likeness (QED) is 0.856.